The van der Waals surface area contributed by atoms with E-state index in [9.17, 15) is 8.42 Å². The zero-order chi connectivity index (χ0) is 11.5. The van der Waals surface area contributed by atoms with E-state index in [1.54, 1.807) is 0 Å². The minimum atomic E-state index is -3.28. The molecule has 0 unspecified atom stereocenters. The Labute approximate surface area is 92.7 Å². The van der Waals surface area contributed by atoms with Gasteiger partial charge in [0.1, 0.15) is 0 Å². The molecule has 1 rings (SSSR count). The normalized spacial score (nSPS) is 21.1. The van der Waals surface area contributed by atoms with E-state index in [1.165, 1.54) is 0 Å². The van der Waals surface area contributed by atoms with E-state index in [2.05, 4.69) is 18.7 Å². The fourth-order valence-electron chi connectivity index (χ4n) is 1.95. The number of hydrogen-bond acceptors (Lipinski definition) is 4. The molecule has 90 valence electrons. The maximum absolute atomic E-state index is 10.9. The molecule has 0 spiro atoms. The van der Waals surface area contributed by atoms with Crippen molar-refractivity contribution in [1.82, 2.24) is 4.90 Å². The molecule has 0 saturated carbocycles. The third-order valence-corrected chi connectivity index (χ3v) is 3.09. The summed E-state index contributed by atoms with van der Waals surface area (Å²) in [5, 5.41) is 0. The molecule has 5 heteroatoms. The number of rotatable bonds is 4. The first-order valence-electron chi connectivity index (χ1n) is 5.47. The summed E-state index contributed by atoms with van der Waals surface area (Å²) in [6.45, 7) is 7.36. The second-order valence-corrected chi connectivity index (χ2v) is 6.29. The molecule has 0 aromatic heterocycles. The third kappa shape index (κ3) is 5.49. The van der Waals surface area contributed by atoms with Gasteiger partial charge in [0.05, 0.1) is 12.4 Å². The predicted octanol–water partition coefficient (Wildman–Crippen LogP) is 1.08. The smallest absolute Gasteiger partial charge is 0.264 e. The zero-order valence-corrected chi connectivity index (χ0v) is 10.6. The highest BCUT2D eigenvalue weighted by Gasteiger charge is 2.22. The Balaban J connectivity index is 2.30. The average Bonchev–Trinajstić information content (AvgIpc) is 2.05. The van der Waals surface area contributed by atoms with Crippen molar-refractivity contribution in [1.29, 1.82) is 0 Å². The van der Waals surface area contributed by atoms with Crippen molar-refractivity contribution in [2.45, 2.75) is 32.8 Å². The van der Waals surface area contributed by atoms with Gasteiger partial charge < -0.3 is 4.90 Å². The van der Waals surface area contributed by atoms with Crippen LogP contribution in [0, 0.1) is 5.92 Å². The Morgan fingerprint density at radius 2 is 1.87 bits per heavy atom. The summed E-state index contributed by atoms with van der Waals surface area (Å²) in [5.74, 6) is 0.664. The Kier molecular flexibility index (Phi) is 4.55. The minimum absolute atomic E-state index is 0.108. The summed E-state index contributed by atoms with van der Waals surface area (Å²) in [5.41, 5.74) is 0. The van der Waals surface area contributed by atoms with E-state index < -0.39 is 10.1 Å². The molecule has 0 bridgehead atoms. The summed E-state index contributed by atoms with van der Waals surface area (Å²) >= 11 is 0. The molecule has 1 aliphatic rings. The largest absolute Gasteiger partial charge is 0.303 e. The predicted molar refractivity (Wildman–Crippen MR) is 60.2 cm³/mol. The molecule has 4 nitrogen and oxygen atoms in total. The van der Waals surface area contributed by atoms with E-state index in [0.29, 0.717) is 5.92 Å². The number of hydrogen-bond donors (Lipinski definition) is 0. The van der Waals surface area contributed by atoms with E-state index in [1.807, 2.05) is 0 Å². The van der Waals surface area contributed by atoms with Crippen molar-refractivity contribution in [3.05, 3.63) is 0 Å². The van der Waals surface area contributed by atoms with Crippen LogP contribution in [0.15, 0.2) is 0 Å². The first-order chi connectivity index (χ1) is 6.87. The summed E-state index contributed by atoms with van der Waals surface area (Å²) in [7, 11) is -3.28. The molecule has 15 heavy (non-hydrogen) atoms. The van der Waals surface area contributed by atoms with Gasteiger partial charge in [0.25, 0.3) is 10.1 Å². The molecule has 0 aromatic carbocycles. The van der Waals surface area contributed by atoms with Gasteiger partial charge in [0.15, 0.2) is 0 Å². The molecule has 0 aromatic rings. The lowest BCUT2D eigenvalue weighted by Crippen LogP contribution is -2.39. The van der Waals surface area contributed by atoms with Gasteiger partial charge in [-0.2, -0.15) is 8.42 Å². The highest BCUT2D eigenvalue weighted by Crippen LogP contribution is 2.16. The first kappa shape index (κ1) is 12.9. The average molecular weight is 235 g/mol. The Morgan fingerprint density at radius 3 is 2.27 bits per heavy atom. The second-order valence-electron chi connectivity index (χ2n) is 4.69. The summed E-state index contributed by atoms with van der Waals surface area (Å²) in [6, 6.07) is 0. The Hall–Kier alpha value is -0.130. The van der Waals surface area contributed by atoms with Gasteiger partial charge in [-0.15, -0.1) is 0 Å². The Bertz CT molecular complexity index is 279. The zero-order valence-electron chi connectivity index (χ0n) is 9.77. The van der Waals surface area contributed by atoms with Crippen LogP contribution in [0.1, 0.15) is 26.7 Å². The van der Waals surface area contributed by atoms with E-state index in [4.69, 9.17) is 4.18 Å². The highest BCUT2D eigenvalue weighted by molar-refractivity contribution is 7.86. The van der Waals surface area contributed by atoms with Gasteiger partial charge in [-0.25, -0.2) is 0 Å². The van der Waals surface area contributed by atoms with Crippen molar-refractivity contribution >= 4 is 10.1 Å². The minimum Gasteiger partial charge on any atom is -0.303 e. The van der Waals surface area contributed by atoms with Crippen LogP contribution in [0.25, 0.3) is 0 Å². The molecule has 0 aliphatic carbocycles. The molecule has 1 heterocycles. The van der Waals surface area contributed by atoms with Crippen LogP contribution < -0.4 is 0 Å². The van der Waals surface area contributed by atoms with Crippen LogP contribution in [-0.2, 0) is 14.3 Å². The maximum Gasteiger partial charge on any atom is 0.264 e. The van der Waals surface area contributed by atoms with Gasteiger partial charge >= 0.3 is 0 Å². The van der Waals surface area contributed by atoms with Gasteiger partial charge in [-0.3, -0.25) is 4.18 Å². The summed E-state index contributed by atoms with van der Waals surface area (Å²) in [6.07, 6.45) is 2.65. The fraction of sp³-hybridized carbons (Fsp3) is 1.00. The van der Waals surface area contributed by atoms with Gasteiger partial charge in [0, 0.05) is 19.6 Å². The van der Waals surface area contributed by atoms with Crippen LogP contribution in [0.3, 0.4) is 0 Å². The molecular weight excluding hydrogens is 214 g/mol. The van der Waals surface area contributed by atoms with Crippen LogP contribution >= 0.6 is 0 Å². The molecule has 1 aliphatic heterocycles. The monoisotopic (exact) mass is 235 g/mol. The second kappa shape index (κ2) is 5.27. The van der Waals surface area contributed by atoms with Gasteiger partial charge in [-0.05, 0) is 18.8 Å². The van der Waals surface area contributed by atoms with Crippen molar-refractivity contribution in [3.8, 4) is 0 Å². The summed E-state index contributed by atoms with van der Waals surface area (Å²) < 4.78 is 26.8. The lowest BCUT2D eigenvalue weighted by Gasteiger charge is -2.32. The third-order valence-electron chi connectivity index (χ3n) is 2.47. The maximum atomic E-state index is 10.9. The molecule has 0 atom stereocenters. The van der Waals surface area contributed by atoms with Gasteiger partial charge in [-0.1, -0.05) is 13.8 Å². The van der Waals surface area contributed by atoms with Crippen LogP contribution in [-0.4, -0.2) is 45.3 Å². The highest BCUT2D eigenvalue weighted by atomic mass is 32.2. The quantitative estimate of drug-likeness (QED) is 0.684. The molecule has 0 amide bonds. The van der Waals surface area contributed by atoms with Crippen molar-refractivity contribution in [2.24, 2.45) is 5.92 Å². The standard InChI is InChI=1S/C10H21NO3S/c1-9(2)8-11-6-4-10(5-7-11)14-15(3,12)13/h9-10H,4-8H2,1-3H3. The number of likely N-dealkylation sites (tertiary alicyclic amines) is 1. The fourth-order valence-corrected chi connectivity index (χ4v) is 2.64. The topological polar surface area (TPSA) is 46.6 Å². The van der Waals surface area contributed by atoms with Crippen LogP contribution in [0.4, 0.5) is 0 Å². The van der Waals surface area contributed by atoms with E-state index >= 15 is 0 Å². The molecule has 0 radical (unpaired) electrons. The van der Waals surface area contributed by atoms with Crippen molar-refractivity contribution in [3.63, 3.8) is 0 Å². The number of piperidine rings is 1. The van der Waals surface area contributed by atoms with Crippen LogP contribution in [0.5, 0.6) is 0 Å². The molecule has 1 fully saturated rings. The van der Waals surface area contributed by atoms with Crippen molar-refractivity contribution < 1.29 is 12.6 Å². The SMILES string of the molecule is CC(C)CN1CCC(OS(C)(=O)=O)CC1. The summed E-state index contributed by atoms with van der Waals surface area (Å²) in [4.78, 5) is 2.37. The van der Waals surface area contributed by atoms with Crippen molar-refractivity contribution in [2.75, 3.05) is 25.9 Å². The lowest BCUT2D eigenvalue weighted by molar-refractivity contribution is 0.0995. The van der Waals surface area contributed by atoms with Gasteiger partial charge in [0.2, 0.25) is 0 Å². The molecular formula is C10H21NO3S. The van der Waals surface area contributed by atoms with Crippen LogP contribution in [0.2, 0.25) is 0 Å². The Morgan fingerprint density at radius 1 is 1.33 bits per heavy atom. The molecule has 0 N–H and O–H groups in total. The first-order valence-corrected chi connectivity index (χ1v) is 7.29. The number of nitrogens with zero attached hydrogens (tertiary/aromatic N) is 1. The van der Waals surface area contributed by atoms with E-state index in [-0.39, 0.29) is 6.10 Å². The lowest BCUT2D eigenvalue weighted by atomic mass is 10.1. The molecule has 1 saturated heterocycles. The van der Waals surface area contributed by atoms with E-state index in [0.717, 1.165) is 38.7 Å².